The number of carbonyl (C=O) groups is 1. The summed E-state index contributed by atoms with van der Waals surface area (Å²) in [7, 11) is 0. The number of halogens is 3. The van der Waals surface area contributed by atoms with Gasteiger partial charge in [-0.2, -0.15) is 0 Å². The van der Waals surface area contributed by atoms with E-state index in [0.717, 1.165) is 12.0 Å². The van der Waals surface area contributed by atoms with Crippen molar-refractivity contribution >= 4 is 53.1 Å². The molecule has 0 unspecified atom stereocenters. The summed E-state index contributed by atoms with van der Waals surface area (Å²) in [5, 5.41) is 9.28. The molecule has 0 radical (unpaired) electrons. The van der Waals surface area contributed by atoms with Crippen LogP contribution in [0.3, 0.4) is 0 Å². The summed E-state index contributed by atoms with van der Waals surface area (Å²) in [5.41, 5.74) is 1.44. The second-order valence-electron chi connectivity index (χ2n) is 5.42. The molecule has 1 heterocycles. The zero-order chi connectivity index (χ0) is 18.8. The topological polar surface area (TPSA) is 78.4 Å². The minimum absolute atomic E-state index is 0. The van der Waals surface area contributed by atoms with Crippen LogP contribution in [-0.4, -0.2) is 36.5 Å². The first kappa shape index (κ1) is 23.1. The Bertz CT molecular complexity index is 758. The van der Waals surface area contributed by atoms with Gasteiger partial charge in [-0.05, 0) is 43.2 Å². The predicted molar refractivity (Wildman–Crippen MR) is 117 cm³/mol. The highest BCUT2D eigenvalue weighted by atomic mass is 127. The van der Waals surface area contributed by atoms with Crippen molar-refractivity contribution in [2.75, 3.05) is 25.0 Å². The van der Waals surface area contributed by atoms with Gasteiger partial charge in [0, 0.05) is 25.0 Å². The number of amides is 1. The fourth-order valence-electron chi connectivity index (χ4n) is 2.14. The molecule has 0 atom stereocenters. The number of aliphatic imine (C=N–C) groups is 1. The molecule has 3 N–H and O–H groups in total. The van der Waals surface area contributed by atoms with Crippen LogP contribution in [0.25, 0.3) is 0 Å². The van der Waals surface area contributed by atoms with Gasteiger partial charge >= 0.3 is 0 Å². The molecule has 2 aromatic rings. The molecule has 0 fully saturated rings. The van der Waals surface area contributed by atoms with E-state index in [0.29, 0.717) is 29.9 Å². The third-order valence-electron chi connectivity index (χ3n) is 3.33. The number of anilines is 1. The second-order valence-corrected chi connectivity index (χ2v) is 5.81. The SMILES string of the molecule is CCNC(=NCC(=O)Nc1cccc(F)c1)NCCc1ccc(Cl)nc1.I. The zero-order valence-electron chi connectivity index (χ0n) is 14.8. The lowest BCUT2D eigenvalue weighted by Gasteiger charge is -2.11. The molecule has 2 rings (SSSR count). The van der Waals surface area contributed by atoms with Crippen molar-refractivity contribution in [3.8, 4) is 0 Å². The quantitative estimate of drug-likeness (QED) is 0.234. The predicted octanol–water partition coefficient (Wildman–Crippen LogP) is 3.23. The standard InChI is InChI=1S/C18H21ClFN5O.HI/c1-2-21-18(22-9-8-13-6-7-16(19)23-11-13)24-12-17(26)25-15-5-3-4-14(20)10-15;/h3-7,10-11H,2,8-9,12H2,1H3,(H,25,26)(H2,21,22,24);1H. The molecule has 0 saturated carbocycles. The van der Waals surface area contributed by atoms with E-state index in [1.165, 1.54) is 18.2 Å². The summed E-state index contributed by atoms with van der Waals surface area (Å²) >= 11 is 5.76. The molecule has 0 aliphatic heterocycles. The highest BCUT2D eigenvalue weighted by Crippen LogP contribution is 2.08. The van der Waals surface area contributed by atoms with Crippen LogP contribution in [-0.2, 0) is 11.2 Å². The first-order valence-corrected chi connectivity index (χ1v) is 8.62. The maximum absolute atomic E-state index is 13.1. The lowest BCUT2D eigenvalue weighted by atomic mass is 10.2. The first-order chi connectivity index (χ1) is 12.6. The number of rotatable bonds is 7. The Hall–Kier alpha value is -1.94. The van der Waals surface area contributed by atoms with Crippen LogP contribution in [0.2, 0.25) is 5.15 Å². The van der Waals surface area contributed by atoms with Crippen LogP contribution in [0.4, 0.5) is 10.1 Å². The van der Waals surface area contributed by atoms with Crippen LogP contribution in [0.15, 0.2) is 47.6 Å². The molecule has 0 saturated heterocycles. The van der Waals surface area contributed by atoms with E-state index >= 15 is 0 Å². The number of aromatic nitrogens is 1. The van der Waals surface area contributed by atoms with Crippen molar-refractivity contribution in [2.45, 2.75) is 13.3 Å². The van der Waals surface area contributed by atoms with Gasteiger partial charge in [-0.3, -0.25) is 4.79 Å². The largest absolute Gasteiger partial charge is 0.357 e. The minimum atomic E-state index is -0.405. The lowest BCUT2D eigenvalue weighted by molar-refractivity contribution is -0.114. The summed E-state index contributed by atoms with van der Waals surface area (Å²) in [5.74, 6) is -0.198. The van der Waals surface area contributed by atoms with E-state index in [-0.39, 0.29) is 36.4 Å². The monoisotopic (exact) mass is 505 g/mol. The molecule has 0 bridgehead atoms. The highest BCUT2D eigenvalue weighted by Gasteiger charge is 2.04. The van der Waals surface area contributed by atoms with E-state index in [2.05, 4.69) is 25.9 Å². The van der Waals surface area contributed by atoms with Crippen LogP contribution in [0.5, 0.6) is 0 Å². The zero-order valence-corrected chi connectivity index (χ0v) is 17.9. The van der Waals surface area contributed by atoms with Crippen molar-refractivity contribution in [1.82, 2.24) is 15.6 Å². The van der Waals surface area contributed by atoms with Crippen LogP contribution >= 0.6 is 35.6 Å². The Morgan fingerprint density at radius 2 is 2.07 bits per heavy atom. The van der Waals surface area contributed by atoms with Gasteiger partial charge in [0.15, 0.2) is 5.96 Å². The Balaban J connectivity index is 0.00000364. The van der Waals surface area contributed by atoms with Crippen molar-refractivity contribution in [1.29, 1.82) is 0 Å². The number of pyridine rings is 1. The third-order valence-corrected chi connectivity index (χ3v) is 3.55. The van der Waals surface area contributed by atoms with E-state index in [9.17, 15) is 9.18 Å². The van der Waals surface area contributed by atoms with Gasteiger partial charge in [-0.1, -0.05) is 23.7 Å². The van der Waals surface area contributed by atoms with E-state index in [4.69, 9.17) is 11.6 Å². The van der Waals surface area contributed by atoms with E-state index in [1.54, 1.807) is 18.3 Å². The van der Waals surface area contributed by atoms with Gasteiger partial charge in [0.05, 0.1) is 0 Å². The molecule has 1 aromatic heterocycles. The summed E-state index contributed by atoms with van der Waals surface area (Å²) < 4.78 is 13.1. The van der Waals surface area contributed by atoms with E-state index in [1.807, 2.05) is 13.0 Å². The molecule has 0 aliphatic rings. The Morgan fingerprint density at radius 1 is 1.26 bits per heavy atom. The third kappa shape index (κ3) is 9.00. The Labute approximate surface area is 180 Å². The number of benzene rings is 1. The molecule has 0 aliphatic carbocycles. The fraction of sp³-hybridized carbons (Fsp3) is 0.278. The number of hydrogen-bond donors (Lipinski definition) is 3. The minimum Gasteiger partial charge on any atom is -0.357 e. The first-order valence-electron chi connectivity index (χ1n) is 8.25. The van der Waals surface area contributed by atoms with Gasteiger partial charge in [0.25, 0.3) is 0 Å². The number of carbonyl (C=O) groups excluding carboxylic acids is 1. The summed E-state index contributed by atoms with van der Waals surface area (Å²) in [4.78, 5) is 20.2. The Kier molecular flexibility index (Phi) is 10.6. The number of nitrogens with one attached hydrogen (secondary N) is 3. The molecule has 146 valence electrons. The van der Waals surface area contributed by atoms with Gasteiger partial charge in [-0.25, -0.2) is 14.4 Å². The van der Waals surface area contributed by atoms with Gasteiger partial charge < -0.3 is 16.0 Å². The molecular formula is C18H22ClFIN5O. The maximum Gasteiger partial charge on any atom is 0.246 e. The number of hydrogen-bond acceptors (Lipinski definition) is 3. The molecule has 6 nitrogen and oxygen atoms in total. The summed E-state index contributed by atoms with van der Waals surface area (Å²) in [6.07, 6.45) is 2.46. The van der Waals surface area contributed by atoms with Gasteiger partial charge in [0.1, 0.15) is 17.5 Å². The van der Waals surface area contributed by atoms with Crippen molar-refractivity contribution in [3.63, 3.8) is 0 Å². The summed E-state index contributed by atoms with van der Waals surface area (Å²) in [6.45, 7) is 3.15. The molecule has 1 aromatic carbocycles. The average Bonchev–Trinajstić information content (AvgIpc) is 2.61. The van der Waals surface area contributed by atoms with Crippen LogP contribution < -0.4 is 16.0 Å². The average molecular weight is 506 g/mol. The summed E-state index contributed by atoms with van der Waals surface area (Å²) in [6, 6.07) is 9.38. The van der Waals surface area contributed by atoms with E-state index < -0.39 is 5.82 Å². The molecule has 27 heavy (non-hydrogen) atoms. The van der Waals surface area contributed by atoms with Crippen molar-refractivity contribution < 1.29 is 9.18 Å². The number of guanidine groups is 1. The molecule has 1 amide bonds. The Morgan fingerprint density at radius 3 is 2.74 bits per heavy atom. The maximum atomic E-state index is 13.1. The van der Waals surface area contributed by atoms with Gasteiger partial charge in [0.2, 0.25) is 5.91 Å². The molecule has 0 spiro atoms. The lowest BCUT2D eigenvalue weighted by Crippen LogP contribution is -2.39. The molecule has 9 heteroatoms. The van der Waals surface area contributed by atoms with Crippen molar-refractivity contribution in [2.24, 2.45) is 4.99 Å². The fourth-order valence-corrected chi connectivity index (χ4v) is 2.25. The smallest absolute Gasteiger partial charge is 0.246 e. The van der Waals surface area contributed by atoms with Crippen LogP contribution in [0, 0.1) is 5.82 Å². The van der Waals surface area contributed by atoms with Crippen molar-refractivity contribution in [3.05, 3.63) is 59.1 Å². The number of nitrogens with zero attached hydrogens (tertiary/aromatic N) is 2. The van der Waals surface area contributed by atoms with Crippen LogP contribution in [0.1, 0.15) is 12.5 Å². The second kappa shape index (κ2) is 12.4. The highest BCUT2D eigenvalue weighted by molar-refractivity contribution is 14.0. The normalized spacial score (nSPS) is 10.7. The van der Waals surface area contributed by atoms with Gasteiger partial charge in [-0.15, -0.1) is 24.0 Å². The molecular weight excluding hydrogens is 484 g/mol.